The number of benzene rings is 2. The van der Waals surface area contributed by atoms with Gasteiger partial charge in [-0.25, -0.2) is 14.4 Å². The number of hydrogen-bond acceptors (Lipinski definition) is 8. The molecule has 1 aliphatic heterocycles. The Labute approximate surface area is 213 Å². The Morgan fingerprint density at radius 3 is 2.62 bits per heavy atom. The molecule has 3 aromatic rings. The van der Waals surface area contributed by atoms with Gasteiger partial charge >= 0.3 is 0 Å². The molecular formula is C26H30FN5O5. The maximum absolute atomic E-state index is 14.9. The van der Waals surface area contributed by atoms with Gasteiger partial charge < -0.3 is 30.2 Å². The van der Waals surface area contributed by atoms with Gasteiger partial charge in [0.1, 0.15) is 36.7 Å². The van der Waals surface area contributed by atoms with Crippen molar-refractivity contribution in [3.63, 3.8) is 0 Å². The van der Waals surface area contributed by atoms with Gasteiger partial charge in [-0.05, 0) is 44.0 Å². The number of anilines is 3. The van der Waals surface area contributed by atoms with Crippen LogP contribution in [0.2, 0.25) is 0 Å². The van der Waals surface area contributed by atoms with Gasteiger partial charge in [-0.3, -0.25) is 9.59 Å². The Hall–Kier alpha value is -3.83. The molecule has 3 N–H and O–H groups in total. The van der Waals surface area contributed by atoms with E-state index in [4.69, 9.17) is 14.2 Å². The zero-order valence-corrected chi connectivity index (χ0v) is 20.8. The van der Waals surface area contributed by atoms with Gasteiger partial charge in [-0.1, -0.05) is 0 Å². The number of amides is 2. The molecule has 2 amide bonds. The normalized spacial score (nSPS) is 16.9. The summed E-state index contributed by atoms with van der Waals surface area (Å²) in [6.07, 6.45) is 2.88. The molecule has 0 saturated carbocycles. The van der Waals surface area contributed by atoms with Gasteiger partial charge in [0.05, 0.1) is 23.1 Å². The van der Waals surface area contributed by atoms with Crippen LogP contribution in [-0.2, 0) is 19.1 Å². The van der Waals surface area contributed by atoms with Crippen LogP contribution in [0.3, 0.4) is 0 Å². The van der Waals surface area contributed by atoms with Crippen molar-refractivity contribution in [1.82, 2.24) is 15.3 Å². The molecule has 2 heterocycles. The zero-order chi connectivity index (χ0) is 26.3. The smallest absolute Gasteiger partial charge is 0.233 e. The first-order chi connectivity index (χ1) is 17.8. The summed E-state index contributed by atoms with van der Waals surface area (Å²) in [6.45, 7) is 3.68. The minimum atomic E-state index is -0.524. The van der Waals surface area contributed by atoms with Gasteiger partial charge in [-0.15, -0.1) is 0 Å². The summed E-state index contributed by atoms with van der Waals surface area (Å²) in [6, 6.07) is 9.68. The van der Waals surface area contributed by atoms with Crippen molar-refractivity contribution in [2.75, 3.05) is 44.1 Å². The van der Waals surface area contributed by atoms with Crippen LogP contribution in [0, 0.1) is 5.82 Å². The number of methoxy groups -OCH3 is 1. The lowest BCUT2D eigenvalue weighted by molar-refractivity contribution is -0.127. The molecule has 2 aromatic carbocycles. The highest BCUT2D eigenvalue weighted by Gasteiger charge is 2.30. The third-order valence-corrected chi connectivity index (χ3v) is 5.93. The summed E-state index contributed by atoms with van der Waals surface area (Å²) in [5.41, 5.74) is 1.17. The molecule has 1 unspecified atom stereocenters. The lowest BCUT2D eigenvalue weighted by Gasteiger charge is -2.23. The monoisotopic (exact) mass is 511 g/mol. The molecule has 0 aliphatic carbocycles. The summed E-state index contributed by atoms with van der Waals surface area (Å²) in [5, 5.41) is 8.77. The van der Waals surface area contributed by atoms with Gasteiger partial charge in [0, 0.05) is 43.8 Å². The molecule has 0 radical (unpaired) electrons. The Bertz CT molecular complexity index is 1250. The second-order valence-electron chi connectivity index (χ2n) is 8.97. The predicted octanol–water partition coefficient (Wildman–Crippen LogP) is 3.55. The molecular weight excluding hydrogens is 481 g/mol. The van der Waals surface area contributed by atoms with Crippen molar-refractivity contribution < 1.29 is 28.2 Å². The average molecular weight is 512 g/mol. The highest BCUT2D eigenvalue weighted by Crippen LogP contribution is 2.29. The topological polar surface area (TPSA) is 124 Å². The van der Waals surface area contributed by atoms with Crippen molar-refractivity contribution in [1.29, 1.82) is 0 Å². The van der Waals surface area contributed by atoms with Crippen LogP contribution in [0.5, 0.6) is 5.75 Å². The van der Waals surface area contributed by atoms with Crippen molar-refractivity contribution in [2.24, 2.45) is 0 Å². The Morgan fingerprint density at radius 2 is 1.89 bits per heavy atom. The standard InChI is InChI=1S/C26H30FN5O5/c1-26(8-3-9-37-26)15-28-22(33)14-23(34)31-17-4-6-18(7-5-17)32-25-24-20(27)12-19(36-11-10-35-2)13-21(24)29-16-30-25/h4-7,12-13,16H,3,8-11,14-15H2,1-2H3,(H,28,33)(H,31,34)(H,29,30,32). The second kappa shape index (κ2) is 11.9. The van der Waals surface area contributed by atoms with E-state index in [1.54, 1.807) is 37.4 Å². The van der Waals surface area contributed by atoms with Crippen molar-refractivity contribution >= 4 is 39.9 Å². The van der Waals surface area contributed by atoms with E-state index in [0.29, 0.717) is 54.8 Å². The summed E-state index contributed by atoms with van der Waals surface area (Å²) in [4.78, 5) is 32.7. The van der Waals surface area contributed by atoms with Crippen LogP contribution in [0.25, 0.3) is 10.9 Å². The number of carbonyl (C=O) groups is 2. The van der Waals surface area contributed by atoms with Crippen LogP contribution in [0.1, 0.15) is 26.2 Å². The van der Waals surface area contributed by atoms with Gasteiger partial charge in [0.25, 0.3) is 0 Å². The van der Waals surface area contributed by atoms with Crippen LogP contribution in [0.15, 0.2) is 42.7 Å². The van der Waals surface area contributed by atoms with E-state index in [2.05, 4.69) is 25.9 Å². The molecule has 1 aromatic heterocycles. The number of rotatable bonds is 11. The van der Waals surface area contributed by atoms with Gasteiger partial charge in [0.2, 0.25) is 11.8 Å². The highest BCUT2D eigenvalue weighted by molar-refractivity contribution is 6.03. The molecule has 1 saturated heterocycles. The number of halogens is 1. The van der Waals surface area contributed by atoms with Crippen LogP contribution in [0.4, 0.5) is 21.6 Å². The Balaban J connectivity index is 1.34. The van der Waals surface area contributed by atoms with E-state index in [1.165, 1.54) is 12.4 Å². The number of nitrogens with zero attached hydrogens (tertiary/aromatic N) is 2. The highest BCUT2D eigenvalue weighted by atomic mass is 19.1. The fourth-order valence-electron chi connectivity index (χ4n) is 3.99. The summed E-state index contributed by atoms with van der Waals surface area (Å²) < 4.78 is 31.0. The first-order valence-electron chi connectivity index (χ1n) is 12.0. The largest absolute Gasteiger partial charge is 0.491 e. The summed E-state index contributed by atoms with van der Waals surface area (Å²) in [5.74, 6) is -0.676. The first kappa shape index (κ1) is 26.2. The molecule has 0 spiro atoms. The van der Waals surface area contributed by atoms with Gasteiger partial charge in [0.15, 0.2) is 0 Å². The SMILES string of the molecule is COCCOc1cc(F)c2c(Nc3ccc(NC(=O)CC(=O)NCC4(C)CCCO4)cc3)ncnc2c1. The predicted molar refractivity (Wildman–Crippen MR) is 136 cm³/mol. The fraction of sp³-hybridized carbons (Fsp3) is 0.385. The molecule has 4 rings (SSSR count). The Morgan fingerprint density at radius 1 is 1.11 bits per heavy atom. The number of ether oxygens (including phenoxy) is 3. The number of hydrogen-bond donors (Lipinski definition) is 3. The van der Waals surface area contributed by atoms with Crippen LogP contribution in [-0.4, -0.2) is 60.9 Å². The van der Waals surface area contributed by atoms with Crippen LogP contribution < -0.4 is 20.7 Å². The van der Waals surface area contributed by atoms with Crippen molar-refractivity contribution in [3.8, 4) is 5.75 Å². The summed E-state index contributed by atoms with van der Waals surface area (Å²) >= 11 is 0. The molecule has 0 bridgehead atoms. The second-order valence-corrected chi connectivity index (χ2v) is 8.97. The lowest BCUT2D eigenvalue weighted by atomic mass is 10.0. The molecule has 1 aliphatic rings. The molecule has 10 nitrogen and oxygen atoms in total. The summed E-state index contributed by atoms with van der Waals surface area (Å²) in [7, 11) is 1.56. The average Bonchev–Trinajstić information content (AvgIpc) is 3.31. The molecule has 1 atom stereocenters. The van der Waals surface area contributed by atoms with Gasteiger partial charge in [-0.2, -0.15) is 0 Å². The van der Waals surface area contributed by atoms with E-state index in [0.717, 1.165) is 12.8 Å². The molecule has 1 fully saturated rings. The quantitative estimate of drug-likeness (QED) is 0.264. The number of fused-ring (bicyclic) bond motifs is 1. The number of aromatic nitrogens is 2. The van der Waals surface area contributed by atoms with E-state index < -0.39 is 11.7 Å². The van der Waals surface area contributed by atoms with Crippen molar-refractivity contribution in [2.45, 2.75) is 31.8 Å². The van der Waals surface area contributed by atoms with Crippen LogP contribution >= 0.6 is 0 Å². The molecule has 37 heavy (non-hydrogen) atoms. The first-order valence-corrected chi connectivity index (χ1v) is 12.0. The Kier molecular flexibility index (Phi) is 8.47. The maximum Gasteiger partial charge on any atom is 0.233 e. The van der Waals surface area contributed by atoms with E-state index in [-0.39, 0.29) is 23.3 Å². The molecule has 196 valence electrons. The van der Waals surface area contributed by atoms with E-state index in [9.17, 15) is 14.0 Å². The van der Waals surface area contributed by atoms with E-state index >= 15 is 0 Å². The zero-order valence-electron chi connectivity index (χ0n) is 20.8. The maximum atomic E-state index is 14.9. The molecule has 11 heteroatoms. The number of nitrogens with one attached hydrogen (secondary N) is 3. The fourth-order valence-corrected chi connectivity index (χ4v) is 3.99. The van der Waals surface area contributed by atoms with E-state index in [1.807, 2.05) is 6.92 Å². The minimum Gasteiger partial charge on any atom is -0.491 e. The minimum absolute atomic E-state index is 0.224. The number of carbonyl (C=O) groups excluding carboxylic acids is 2. The third-order valence-electron chi connectivity index (χ3n) is 5.93. The third kappa shape index (κ3) is 7.11. The van der Waals surface area contributed by atoms with Crippen molar-refractivity contribution in [3.05, 3.63) is 48.5 Å². The lowest BCUT2D eigenvalue weighted by Crippen LogP contribution is -2.41.